The van der Waals surface area contributed by atoms with Crippen molar-refractivity contribution in [2.24, 2.45) is 17.8 Å². The number of hydrogen-bond donors (Lipinski definition) is 0. The number of rotatable bonds is 67. The van der Waals surface area contributed by atoms with E-state index in [1.54, 1.807) is 0 Å². The summed E-state index contributed by atoms with van der Waals surface area (Å²) in [5.74, 6) is 5.64. The summed E-state index contributed by atoms with van der Waals surface area (Å²) < 4.78 is 0. The first-order valence-electron chi connectivity index (χ1n) is 37.3. The molecule has 4 heteroatoms. The van der Waals surface area contributed by atoms with Crippen LogP contribution in [0, 0.1) is 17.8 Å². The topological polar surface area (TPSA) is 6.48 Å². The molecule has 0 amide bonds. The first-order valence-corrected chi connectivity index (χ1v) is 39.8. The van der Waals surface area contributed by atoms with Crippen molar-refractivity contribution in [1.82, 2.24) is 9.80 Å². The quantitative estimate of drug-likeness (QED) is 0.0340. The summed E-state index contributed by atoms with van der Waals surface area (Å²) in [5.41, 5.74) is 1.49. The molecule has 0 radical (unpaired) electrons. The number of hydrogen-bond acceptors (Lipinski definition) is 4. The maximum atomic E-state index is 4.35. The maximum Gasteiger partial charge on any atom is 0.00952 e. The monoisotopic (exact) mass is 1140 g/mol. The van der Waals surface area contributed by atoms with E-state index < -0.39 is 0 Å². The van der Waals surface area contributed by atoms with Gasteiger partial charge in [0.15, 0.2) is 0 Å². The summed E-state index contributed by atoms with van der Waals surface area (Å²) in [6.45, 7) is 25.3. The van der Waals surface area contributed by atoms with E-state index in [4.69, 9.17) is 0 Å². The molecule has 0 spiro atoms. The van der Waals surface area contributed by atoms with Crippen LogP contribution in [0.25, 0.3) is 0 Å². The molecule has 1 heterocycles. The van der Waals surface area contributed by atoms with E-state index in [1.165, 1.54) is 409 Å². The Labute approximate surface area is 509 Å². The van der Waals surface area contributed by atoms with Gasteiger partial charge in [0.25, 0.3) is 0 Å². The van der Waals surface area contributed by atoms with Crippen molar-refractivity contribution in [2.45, 2.75) is 407 Å². The highest BCUT2D eigenvalue weighted by molar-refractivity contribution is 8.76. The van der Waals surface area contributed by atoms with Crippen molar-refractivity contribution in [3.63, 3.8) is 0 Å². The molecule has 1 rings (SSSR count). The summed E-state index contributed by atoms with van der Waals surface area (Å²) >= 11 is 0. The number of nitrogens with zero attached hydrogens (tertiary/aromatic N) is 2. The minimum Gasteiger partial charge on any atom is -0.303 e. The van der Waals surface area contributed by atoms with Gasteiger partial charge in [-0.3, -0.25) is 0 Å². The highest BCUT2D eigenvalue weighted by Crippen LogP contribution is 2.29. The van der Waals surface area contributed by atoms with E-state index in [2.05, 4.69) is 79.5 Å². The second-order valence-electron chi connectivity index (χ2n) is 27.0. The Bertz CT molecular complexity index is 1160. The minimum absolute atomic E-state index is 0.804. The number of allylic oxidation sites excluding steroid dienone is 1. The van der Waals surface area contributed by atoms with Gasteiger partial charge >= 0.3 is 0 Å². The fraction of sp³-hybridized carbons (Fsp3) is 0.973. The third kappa shape index (κ3) is 53.6. The summed E-state index contributed by atoms with van der Waals surface area (Å²) in [6, 6.07) is 0.804. The third-order valence-electron chi connectivity index (χ3n) is 19.0. The zero-order chi connectivity index (χ0) is 57.0. The van der Waals surface area contributed by atoms with Crippen molar-refractivity contribution in [3.05, 3.63) is 12.2 Å². The Kier molecular flexibility index (Phi) is 61.6. The van der Waals surface area contributed by atoms with E-state index in [1.807, 2.05) is 0 Å². The maximum absolute atomic E-state index is 4.35. The molecule has 1 fully saturated rings. The minimum atomic E-state index is 0.804. The fourth-order valence-corrected chi connectivity index (χ4v) is 15.9. The van der Waals surface area contributed by atoms with Crippen LogP contribution in [-0.4, -0.2) is 60.1 Å². The molecule has 0 saturated carbocycles. The van der Waals surface area contributed by atoms with Crippen molar-refractivity contribution in [3.8, 4) is 0 Å². The highest BCUT2D eigenvalue weighted by atomic mass is 33.1. The smallest absolute Gasteiger partial charge is 0.00952 e. The van der Waals surface area contributed by atoms with E-state index in [-0.39, 0.29) is 0 Å². The Morgan fingerprint density at radius 2 is 0.785 bits per heavy atom. The summed E-state index contributed by atoms with van der Waals surface area (Å²) in [5, 5.41) is 0. The highest BCUT2D eigenvalue weighted by Gasteiger charge is 2.23. The number of unbranched alkanes of at least 4 members (excludes halogenated alkanes) is 35. The van der Waals surface area contributed by atoms with Crippen molar-refractivity contribution >= 4 is 21.6 Å². The second kappa shape index (κ2) is 62.9. The third-order valence-corrected chi connectivity index (χ3v) is 21.6. The van der Waals surface area contributed by atoms with Crippen molar-refractivity contribution in [2.75, 3.05) is 44.2 Å². The molecule has 1 saturated heterocycles. The largest absolute Gasteiger partial charge is 0.303 e. The predicted molar refractivity (Wildman–Crippen MR) is 369 cm³/mol. The zero-order valence-electron chi connectivity index (χ0n) is 55.8. The van der Waals surface area contributed by atoms with E-state index in [0.29, 0.717) is 0 Å². The molecule has 1 aliphatic heterocycles. The van der Waals surface area contributed by atoms with Gasteiger partial charge in [-0.25, -0.2) is 0 Å². The average molecular weight is 1140 g/mol. The molecule has 0 bridgehead atoms. The zero-order valence-corrected chi connectivity index (χ0v) is 57.4. The molecule has 3 unspecified atom stereocenters. The van der Waals surface area contributed by atoms with Gasteiger partial charge in [0.1, 0.15) is 0 Å². The Hall–Kier alpha value is 0.360. The van der Waals surface area contributed by atoms with Crippen LogP contribution in [0.15, 0.2) is 12.2 Å². The summed E-state index contributed by atoms with van der Waals surface area (Å²) in [7, 11) is 4.35. The molecule has 2 nitrogen and oxygen atoms in total. The van der Waals surface area contributed by atoms with Crippen LogP contribution >= 0.6 is 21.6 Å². The first kappa shape index (κ1) is 77.4. The van der Waals surface area contributed by atoms with Gasteiger partial charge in [-0.15, -0.1) is 0 Å². The van der Waals surface area contributed by atoms with Crippen LogP contribution < -0.4 is 0 Å². The molecule has 3 atom stereocenters. The standard InChI is InChI=1S/C75H150N2S2/c1-8-13-17-21-22-30-38-50-68-78-79-69-51-39-37-49-65-77(66-52-64-76-67-63-74(70-76)60-46-36-35-42-56-72(7)55-40-18-14-9-2)75(62-48-34-29-28-31-41-54-71(6)53-12-5)61-47-33-27-25-23-24-26-32-45-59-73(57-43-19-15-10-3)58-44-20-16-11-4/h72-75H,6,8-70H2,1-5,7H3. The van der Waals surface area contributed by atoms with Crippen LogP contribution in [0.5, 0.6) is 0 Å². The van der Waals surface area contributed by atoms with E-state index in [0.717, 1.165) is 23.8 Å². The average Bonchev–Trinajstić information content (AvgIpc) is 3.91. The lowest BCUT2D eigenvalue weighted by Gasteiger charge is -2.33. The van der Waals surface area contributed by atoms with Crippen LogP contribution in [-0.2, 0) is 0 Å². The lowest BCUT2D eigenvalue weighted by Crippen LogP contribution is -2.38. The molecule has 0 aliphatic carbocycles. The van der Waals surface area contributed by atoms with Gasteiger partial charge in [0.05, 0.1) is 0 Å². The molecular weight excluding hydrogens is 993 g/mol. The van der Waals surface area contributed by atoms with Gasteiger partial charge in [0.2, 0.25) is 0 Å². The molecule has 0 aromatic carbocycles. The Balaban J connectivity index is 2.70. The SMILES string of the molecule is C=C(CCC)CCCCCCCCC(CCCCCCCCCCCC(CCCCCC)CCCCCC)N(CCCCCCSSCCCCCCCCCC)CCCN1CCC(CCCCCCC(C)CCCCCC)C1. The Morgan fingerprint density at radius 3 is 1.27 bits per heavy atom. The summed E-state index contributed by atoms with van der Waals surface area (Å²) in [4.78, 5) is 5.98. The van der Waals surface area contributed by atoms with Crippen molar-refractivity contribution < 1.29 is 0 Å². The van der Waals surface area contributed by atoms with Crippen molar-refractivity contribution in [1.29, 1.82) is 0 Å². The van der Waals surface area contributed by atoms with Crippen LogP contribution in [0.3, 0.4) is 0 Å². The first-order chi connectivity index (χ1) is 39.0. The Morgan fingerprint density at radius 1 is 0.405 bits per heavy atom. The van der Waals surface area contributed by atoms with Gasteiger partial charge in [-0.05, 0) is 115 Å². The normalized spacial score (nSPS) is 14.9. The van der Waals surface area contributed by atoms with Gasteiger partial charge < -0.3 is 9.80 Å². The summed E-state index contributed by atoms with van der Waals surface area (Å²) in [6.07, 6.45) is 80.6. The number of likely N-dealkylation sites (tertiary alicyclic amines) is 1. The van der Waals surface area contributed by atoms with Gasteiger partial charge in [-0.2, -0.15) is 0 Å². The molecule has 472 valence electrons. The molecular formula is C75H150N2S2. The molecule has 0 aromatic rings. The van der Waals surface area contributed by atoms with Crippen LogP contribution in [0.2, 0.25) is 0 Å². The lowest BCUT2D eigenvalue weighted by atomic mass is 9.89. The fourth-order valence-electron chi connectivity index (χ4n) is 13.6. The second-order valence-corrected chi connectivity index (χ2v) is 29.7. The molecule has 0 N–H and O–H groups in total. The molecule has 1 aliphatic rings. The lowest BCUT2D eigenvalue weighted by molar-refractivity contribution is 0.157. The van der Waals surface area contributed by atoms with Crippen LogP contribution in [0.4, 0.5) is 0 Å². The van der Waals surface area contributed by atoms with Gasteiger partial charge in [0, 0.05) is 24.1 Å². The molecule has 79 heavy (non-hydrogen) atoms. The van der Waals surface area contributed by atoms with E-state index in [9.17, 15) is 0 Å². The molecule has 0 aromatic heterocycles. The predicted octanol–water partition coefficient (Wildman–Crippen LogP) is 26.7. The van der Waals surface area contributed by atoms with Gasteiger partial charge in [-0.1, -0.05) is 364 Å². The van der Waals surface area contributed by atoms with E-state index >= 15 is 0 Å². The van der Waals surface area contributed by atoms with Crippen LogP contribution in [0.1, 0.15) is 401 Å².